The summed E-state index contributed by atoms with van der Waals surface area (Å²) in [5.41, 5.74) is 6.90. The summed E-state index contributed by atoms with van der Waals surface area (Å²) in [6.07, 6.45) is 0. The van der Waals surface area contributed by atoms with Crippen molar-refractivity contribution in [2.24, 2.45) is 5.73 Å². The van der Waals surface area contributed by atoms with Gasteiger partial charge in [0.2, 0.25) is 11.8 Å². The first kappa shape index (κ1) is 14.9. The lowest BCUT2D eigenvalue weighted by molar-refractivity contribution is -0.114. The minimum Gasteiger partial charge on any atom is -0.376 e. The molecule has 4 N–H and O–H groups in total. The van der Waals surface area contributed by atoms with Crippen molar-refractivity contribution in [3.05, 3.63) is 59.1 Å². The molecule has 0 atom stereocenters. The Morgan fingerprint density at radius 2 is 1.76 bits per heavy atom. The number of halogens is 1. The van der Waals surface area contributed by atoms with Crippen molar-refractivity contribution in [2.45, 2.75) is 0 Å². The van der Waals surface area contributed by atoms with Crippen LogP contribution in [0.2, 0.25) is 5.02 Å². The van der Waals surface area contributed by atoms with E-state index in [1.807, 2.05) is 0 Å². The Labute approximate surface area is 127 Å². The predicted molar refractivity (Wildman–Crippen MR) is 83.5 cm³/mol. The molecule has 0 radical (unpaired) electrons. The van der Waals surface area contributed by atoms with Crippen LogP contribution in [-0.2, 0) is 4.79 Å². The first-order valence-electron chi connectivity index (χ1n) is 6.24. The highest BCUT2D eigenvalue weighted by molar-refractivity contribution is 6.30. The van der Waals surface area contributed by atoms with Crippen molar-refractivity contribution in [2.75, 3.05) is 17.2 Å². The number of nitrogens with one attached hydrogen (secondary N) is 2. The van der Waals surface area contributed by atoms with Crippen molar-refractivity contribution in [1.82, 2.24) is 0 Å². The van der Waals surface area contributed by atoms with Crippen LogP contribution in [0.15, 0.2) is 48.5 Å². The third-order valence-electron chi connectivity index (χ3n) is 2.73. The van der Waals surface area contributed by atoms with Gasteiger partial charge in [-0.15, -0.1) is 0 Å². The fourth-order valence-corrected chi connectivity index (χ4v) is 1.83. The van der Waals surface area contributed by atoms with Gasteiger partial charge in [-0.05, 0) is 42.5 Å². The van der Waals surface area contributed by atoms with Gasteiger partial charge in [0.05, 0.1) is 6.54 Å². The van der Waals surface area contributed by atoms with E-state index in [0.29, 0.717) is 22.0 Å². The van der Waals surface area contributed by atoms with E-state index in [0.717, 1.165) is 0 Å². The van der Waals surface area contributed by atoms with Gasteiger partial charge in [0.25, 0.3) is 0 Å². The Hall–Kier alpha value is -2.53. The lowest BCUT2D eigenvalue weighted by atomic mass is 10.2. The molecule has 21 heavy (non-hydrogen) atoms. The zero-order valence-corrected chi connectivity index (χ0v) is 11.9. The maximum atomic E-state index is 11.8. The molecule has 0 aromatic heterocycles. The van der Waals surface area contributed by atoms with Crippen LogP contribution >= 0.6 is 11.6 Å². The fourth-order valence-electron chi connectivity index (χ4n) is 1.70. The molecule has 0 heterocycles. The number of amides is 2. The maximum Gasteiger partial charge on any atom is 0.248 e. The summed E-state index contributed by atoms with van der Waals surface area (Å²) in [4.78, 5) is 22.9. The fraction of sp³-hybridized carbons (Fsp3) is 0.0667. The van der Waals surface area contributed by atoms with Crippen molar-refractivity contribution in [1.29, 1.82) is 0 Å². The average molecular weight is 304 g/mol. The average Bonchev–Trinajstić information content (AvgIpc) is 2.48. The summed E-state index contributed by atoms with van der Waals surface area (Å²) in [5, 5.41) is 6.26. The van der Waals surface area contributed by atoms with Crippen LogP contribution in [0.5, 0.6) is 0 Å². The molecule has 0 bridgehead atoms. The summed E-state index contributed by atoms with van der Waals surface area (Å²) in [6, 6.07) is 13.5. The van der Waals surface area contributed by atoms with Gasteiger partial charge in [-0.25, -0.2) is 0 Å². The second kappa shape index (κ2) is 6.76. The van der Waals surface area contributed by atoms with Gasteiger partial charge in [0, 0.05) is 22.0 Å². The van der Waals surface area contributed by atoms with Gasteiger partial charge in [-0.3, -0.25) is 9.59 Å². The molecule has 0 unspecified atom stereocenters. The van der Waals surface area contributed by atoms with E-state index in [1.165, 1.54) is 0 Å². The Morgan fingerprint density at radius 1 is 1.05 bits per heavy atom. The summed E-state index contributed by atoms with van der Waals surface area (Å²) in [7, 11) is 0. The van der Waals surface area contributed by atoms with Crippen LogP contribution in [0, 0.1) is 0 Å². The SMILES string of the molecule is NC(=O)c1cccc(NCC(=O)Nc2ccc(Cl)cc2)c1. The molecule has 6 heteroatoms. The topological polar surface area (TPSA) is 84.2 Å². The molecule has 2 aromatic rings. The van der Waals surface area contributed by atoms with Crippen LogP contribution < -0.4 is 16.4 Å². The summed E-state index contributed by atoms with van der Waals surface area (Å²) < 4.78 is 0. The third-order valence-corrected chi connectivity index (χ3v) is 2.98. The minimum absolute atomic E-state index is 0.0742. The van der Waals surface area contributed by atoms with Crippen molar-refractivity contribution in [3.8, 4) is 0 Å². The molecule has 2 amide bonds. The minimum atomic E-state index is -0.510. The highest BCUT2D eigenvalue weighted by atomic mass is 35.5. The second-order valence-corrected chi connectivity index (χ2v) is 4.79. The van der Waals surface area contributed by atoms with E-state index < -0.39 is 5.91 Å². The number of nitrogens with two attached hydrogens (primary N) is 1. The molecule has 0 spiro atoms. The monoisotopic (exact) mass is 303 g/mol. The molecule has 2 aromatic carbocycles. The molecular weight excluding hydrogens is 290 g/mol. The van der Waals surface area contributed by atoms with Crippen LogP contribution in [0.4, 0.5) is 11.4 Å². The molecule has 0 aliphatic rings. The van der Waals surface area contributed by atoms with Crippen molar-refractivity contribution in [3.63, 3.8) is 0 Å². The zero-order chi connectivity index (χ0) is 15.2. The number of benzene rings is 2. The Balaban J connectivity index is 1.90. The zero-order valence-electron chi connectivity index (χ0n) is 11.1. The van der Waals surface area contributed by atoms with Crippen LogP contribution in [0.3, 0.4) is 0 Å². The summed E-state index contributed by atoms with van der Waals surface area (Å²) >= 11 is 5.77. The smallest absolute Gasteiger partial charge is 0.248 e. The predicted octanol–water partition coefficient (Wildman–Crippen LogP) is 2.49. The number of carbonyl (C=O) groups is 2. The van der Waals surface area contributed by atoms with Crippen molar-refractivity contribution >= 4 is 34.8 Å². The van der Waals surface area contributed by atoms with Gasteiger partial charge in [0.15, 0.2) is 0 Å². The van der Waals surface area contributed by atoms with Gasteiger partial charge >= 0.3 is 0 Å². The molecule has 0 aliphatic heterocycles. The lowest BCUT2D eigenvalue weighted by Gasteiger charge is -2.08. The second-order valence-electron chi connectivity index (χ2n) is 4.35. The Morgan fingerprint density at radius 3 is 2.43 bits per heavy atom. The van der Waals surface area contributed by atoms with E-state index >= 15 is 0 Å². The quantitative estimate of drug-likeness (QED) is 0.793. The lowest BCUT2D eigenvalue weighted by Crippen LogP contribution is -2.22. The largest absolute Gasteiger partial charge is 0.376 e. The normalized spacial score (nSPS) is 9.95. The molecule has 5 nitrogen and oxygen atoms in total. The number of hydrogen-bond donors (Lipinski definition) is 3. The molecule has 0 saturated heterocycles. The first-order chi connectivity index (χ1) is 10.0. The number of rotatable bonds is 5. The molecule has 0 fully saturated rings. The third kappa shape index (κ3) is 4.50. The molecule has 0 saturated carbocycles. The van der Waals surface area contributed by atoms with E-state index in [4.69, 9.17) is 17.3 Å². The molecule has 2 rings (SSSR count). The highest BCUT2D eigenvalue weighted by Gasteiger charge is 2.04. The van der Waals surface area contributed by atoms with Crippen molar-refractivity contribution < 1.29 is 9.59 Å². The van der Waals surface area contributed by atoms with Crippen LogP contribution in [0.25, 0.3) is 0 Å². The Kier molecular flexibility index (Phi) is 4.79. The van der Waals surface area contributed by atoms with E-state index in [-0.39, 0.29) is 12.5 Å². The molecule has 108 valence electrons. The van der Waals surface area contributed by atoms with Gasteiger partial charge < -0.3 is 16.4 Å². The number of hydrogen-bond acceptors (Lipinski definition) is 3. The van der Waals surface area contributed by atoms with E-state index in [2.05, 4.69) is 10.6 Å². The number of primary amides is 1. The van der Waals surface area contributed by atoms with Crippen LogP contribution in [0.1, 0.15) is 10.4 Å². The summed E-state index contributed by atoms with van der Waals surface area (Å²) in [5.74, 6) is -0.717. The van der Waals surface area contributed by atoms with Crippen LogP contribution in [-0.4, -0.2) is 18.4 Å². The Bertz CT molecular complexity index is 656. The summed E-state index contributed by atoms with van der Waals surface area (Å²) in [6.45, 7) is 0.0742. The number of carbonyl (C=O) groups excluding carboxylic acids is 2. The molecule has 0 aliphatic carbocycles. The number of anilines is 2. The van der Waals surface area contributed by atoms with Gasteiger partial charge in [-0.2, -0.15) is 0 Å². The maximum absolute atomic E-state index is 11.8. The van der Waals surface area contributed by atoms with E-state index in [1.54, 1.807) is 48.5 Å². The van der Waals surface area contributed by atoms with E-state index in [9.17, 15) is 9.59 Å². The van der Waals surface area contributed by atoms with Gasteiger partial charge in [-0.1, -0.05) is 17.7 Å². The highest BCUT2D eigenvalue weighted by Crippen LogP contribution is 2.13. The first-order valence-corrected chi connectivity index (χ1v) is 6.61. The standard InChI is InChI=1S/C15H14ClN3O2/c16-11-4-6-12(7-5-11)19-14(20)9-18-13-3-1-2-10(8-13)15(17)21/h1-8,18H,9H2,(H2,17,21)(H,19,20). The molecular formula is C15H14ClN3O2. The van der Waals surface area contributed by atoms with Gasteiger partial charge in [0.1, 0.15) is 0 Å².